The third-order valence-corrected chi connectivity index (χ3v) is 6.47. The molecular weight excluding hydrogens is 556 g/mol. The van der Waals surface area contributed by atoms with Gasteiger partial charge in [-0.1, -0.05) is 35.3 Å². The fraction of sp³-hybridized carbons (Fsp3) is 0.222. The van der Waals surface area contributed by atoms with E-state index in [1.165, 1.54) is 29.1 Å². The highest BCUT2D eigenvalue weighted by Crippen LogP contribution is 2.33. The van der Waals surface area contributed by atoms with Crippen LogP contribution in [0.1, 0.15) is 36.7 Å². The molecule has 2 heterocycles. The number of unbranched alkanes of at least 4 members (excludes halogenated alkanes) is 1. The van der Waals surface area contributed by atoms with Crippen LogP contribution in [0.15, 0.2) is 69.0 Å². The van der Waals surface area contributed by atoms with Crippen molar-refractivity contribution in [1.82, 2.24) is 9.66 Å². The van der Waals surface area contributed by atoms with Crippen molar-refractivity contribution in [2.45, 2.75) is 32.8 Å². The summed E-state index contributed by atoms with van der Waals surface area (Å²) >= 11 is 3.40. The monoisotopic (exact) mass is 578 g/mol. The van der Waals surface area contributed by atoms with Gasteiger partial charge in [0.05, 0.1) is 22.0 Å². The molecule has 0 unspecified atom stereocenters. The molecule has 0 N–H and O–H groups in total. The van der Waals surface area contributed by atoms with Gasteiger partial charge in [0, 0.05) is 28.6 Å². The van der Waals surface area contributed by atoms with E-state index in [0.29, 0.717) is 46.0 Å². The van der Waals surface area contributed by atoms with E-state index in [1.54, 1.807) is 18.2 Å². The lowest BCUT2D eigenvalue weighted by Gasteiger charge is -2.11. The molecule has 0 saturated heterocycles. The number of aromatic nitrogens is 2. The van der Waals surface area contributed by atoms with Crippen molar-refractivity contribution in [3.63, 3.8) is 0 Å². The number of hydrogen-bond acceptors (Lipinski definition) is 8. The summed E-state index contributed by atoms with van der Waals surface area (Å²) in [5, 5.41) is 16.3. The Morgan fingerprint density at radius 2 is 2.00 bits per heavy atom. The van der Waals surface area contributed by atoms with Crippen LogP contribution in [-0.4, -0.2) is 27.6 Å². The average Bonchev–Trinajstić information content (AvgIpc) is 3.39. The Morgan fingerprint density at radius 3 is 2.82 bits per heavy atom. The third kappa shape index (κ3) is 5.37. The largest absolute Gasteiger partial charge is 0.488 e. The number of halogens is 1. The van der Waals surface area contributed by atoms with Crippen LogP contribution in [0.2, 0.25) is 0 Å². The molecule has 0 bridgehead atoms. The molecule has 1 aliphatic heterocycles. The lowest BCUT2D eigenvalue weighted by atomic mass is 10.2. The van der Waals surface area contributed by atoms with Crippen molar-refractivity contribution in [2.24, 2.45) is 5.10 Å². The van der Waals surface area contributed by atoms with E-state index >= 15 is 0 Å². The van der Waals surface area contributed by atoms with E-state index in [-0.39, 0.29) is 24.6 Å². The first-order chi connectivity index (χ1) is 18.4. The molecule has 3 aromatic carbocycles. The summed E-state index contributed by atoms with van der Waals surface area (Å²) in [4.78, 5) is 29.0. The summed E-state index contributed by atoms with van der Waals surface area (Å²) in [7, 11) is 0. The number of nitro benzene ring substituents is 1. The van der Waals surface area contributed by atoms with Crippen LogP contribution < -0.4 is 19.8 Å². The van der Waals surface area contributed by atoms with Gasteiger partial charge in [0.2, 0.25) is 6.79 Å². The minimum atomic E-state index is -0.493. The van der Waals surface area contributed by atoms with Crippen molar-refractivity contribution in [3.8, 4) is 17.2 Å². The fourth-order valence-electron chi connectivity index (χ4n) is 4.00. The van der Waals surface area contributed by atoms with E-state index in [0.717, 1.165) is 22.9 Å². The molecule has 0 saturated carbocycles. The molecule has 4 aromatic rings. The van der Waals surface area contributed by atoms with Crippen molar-refractivity contribution in [2.75, 3.05) is 6.79 Å². The number of aryl methyl sites for hydroxylation is 1. The Morgan fingerprint density at radius 1 is 1.16 bits per heavy atom. The smallest absolute Gasteiger partial charge is 0.282 e. The molecule has 0 spiro atoms. The highest BCUT2D eigenvalue weighted by Gasteiger charge is 2.16. The molecule has 38 heavy (non-hydrogen) atoms. The minimum Gasteiger partial charge on any atom is -0.488 e. The summed E-state index contributed by atoms with van der Waals surface area (Å²) in [6, 6.07) is 15.0. The van der Waals surface area contributed by atoms with Gasteiger partial charge in [-0.3, -0.25) is 14.9 Å². The van der Waals surface area contributed by atoms with Gasteiger partial charge in [-0.05, 0) is 48.4 Å². The molecule has 0 atom stereocenters. The number of ether oxygens (including phenoxy) is 3. The summed E-state index contributed by atoms with van der Waals surface area (Å²) in [5.74, 6) is 2.18. The SMILES string of the molecule is CCCCc1nc2ccc(Br)cc2c(=O)n1N=Cc1cc([N+](=O)[O-])ccc1OCc1ccc2c(c1)OCO2. The number of nitro groups is 1. The Bertz CT molecular complexity index is 1620. The molecule has 5 rings (SSSR count). The van der Waals surface area contributed by atoms with Crippen molar-refractivity contribution >= 4 is 38.7 Å². The fourth-order valence-corrected chi connectivity index (χ4v) is 4.37. The van der Waals surface area contributed by atoms with E-state index in [4.69, 9.17) is 14.2 Å². The Balaban J connectivity index is 1.51. The quantitative estimate of drug-likeness (QED) is 0.144. The first-order valence-corrected chi connectivity index (χ1v) is 12.8. The van der Waals surface area contributed by atoms with E-state index < -0.39 is 4.92 Å². The molecule has 11 heteroatoms. The van der Waals surface area contributed by atoms with Gasteiger partial charge >= 0.3 is 0 Å². The number of non-ortho nitro benzene ring substituents is 1. The normalized spacial score (nSPS) is 12.4. The highest BCUT2D eigenvalue weighted by molar-refractivity contribution is 9.10. The lowest BCUT2D eigenvalue weighted by Crippen LogP contribution is -2.22. The van der Waals surface area contributed by atoms with Gasteiger partial charge in [-0.25, -0.2) is 4.98 Å². The summed E-state index contributed by atoms with van der Waals surface area (Å²) in [6.07, 6.45) is 3.69. The maximum atomic E-state index is 13.4. The first kappa shape index (κ1) is 25.4. The number of fused-ring (bicyclic) bond motifs is 2. The molecule has 0 amide bonds. The van der Waals surface area contributed by atoms with E-state index in [2.05, 4.69) is 32.9 Å². The Hall–Kier alpha value is -4.25. The predicted molar refractivity (Wildman–Crippen MR) is 145 cm³/mol. The Labute approximate surface area is 225 Å². The van der Waals surface area contributed by atoms with E-state index in [1.807, 2.05) is 18.2 Å². The van der Waals surface area contributed by atoms with Crippen LogP contribution in [0.5, 0.6) is 17.2 Å². The molecule has 0 radical (unpaired) electrons. The molecule has 10 nitrogen and oxygen atoms in total. The van der Waals surface area contributed by atoms with Gasteiger partial charge in [0.1, 0.15) is 18.2 Å². The zero-order valence-electron chi connectivity index (χ0n) is 20.4. The van der Waals surface area contributed by atoms with Gasteiger partial charge < -0.3 is 14.2 Å². The van der Waals surface area contributed by atoms with Gasteiger partial charge in [-0.15, -0.1) is 0 Å². The summed E-state index contributed by atoms with van der Waals surface area (Å²) in [6.45, 7) is 2.40. The molecular formula is C27H23BrN4O6. The van der Waals surface area contributed by atoms with Crippen LogP contribution >= 0.6 is 15.9 Å². The zero-order chi connectivity index (χ0) is 26.6. The highest BCUT2D eigenvalue weighted by atomic mass is 79.9. The molecule has 0 fully saturated rings. The van der Waals surface area contributed by atoms with Crippen LogP contribution in [0, 0.1) is 10.1 Å². The van der Waals surface area contributed by atoms with Gasteiger partial charge in [0.25, 0.3) is 11.2 Å². The second-order valence-corrected chi connectivity index (χ2v) is 9.53. The van der Waals surface area contributed by atoms with Gasteiger partial charge in [-0.2, -0.15) is 9.78 Å². The number of hydrogen-bond donors (Lipinski definition) is 0. The number of nitrogens with zero attached hydrogens (tertiary/aromatic N) is 4. The van der Waals surface area contributed by atoms with Crippen LogP contribution in [0.3, 0.4) is 0 Å². The maximum Gasteiger partial charge on any atom is 0.282 e. The summed E-state index contributed by atoms with van der Waals surface area (Å²) in [5.41, 5.74) is 1.31. The first-order valence-electron chi connectivity index (χ1n) is 12.0. The van der Waals surface area contributed by atoms with Crippen LogP contribution in [-0.2, 0) is 13.0 Å². The van der Waals surface area contributed by atoms with Crippen LogP contribution in [0.4, 0.5) is 5.69 Å². The second kappa shape index (κ2) is 11.0. The lowest BCUT2D eigenvalue weighted by molar-refractivity contribution is -0.384. The van der Waals surface area contributed by atoms with Crippen LogP contribution in [0.25, 0.3) is 10.9 Å². The maximum absolute atomic E-state index is 13.4. The zero-order valence-corrected chi connectivity index (χ0v) is 22.0. The van der Waals surface area contributed by atoms with E-state index in [9.17, 15) is 14.9 Å². The summed E-state index contributed by atoms with van der Waals surface area (Å²) < 4.78 is 18.8. The van der Waals surface area contributed by atoms with Crippen molar-refractivity contribution in [3.05, 3.63) is 96.5 Å². The molecule has 0 aliphatic carbocycles. The topological polar surface area (TPSA) is 118 Å². The number of benzene rings is 3. The predicted octanol–water partition coefficient (Wildman–Crippen LogP) is 5.60. The third-order valence-electron chi connectivity index (χ3n) is 5.98. The standard InChI is InChI=1S/C27H23BrN4O6/c1-2-3-4-26-30-22-8-6-19(28)13-21(22)27(33)31(26)29-14-18-12-20(32(34)35)7-10-23(18)36-15-17-5-9-24-25(11-17)38-16-37-24/h5-14H,2-4,15-16H2,1H3. The van der Waals surface area contributed by atoms with Gasteiger partial charge in [0.15, 0.2) is 11.5 Å². The molecule has 1 aliphatic rings. The van der Waals surface area contributed by atoms with Crippen molar-refractivity contribution in [1.29, 1.82) is 0 Å². The second-order valence-electron chi connectivity index (χ2n) is 8.61. The average molecular weight is 579 g/mol. The molecule has 1 aromatic heterocycles. The minimum absolute atomic E-state index is 0.124. The molecule has 194 valence electrons. The Kier molecular flexibility index (Phi) is 7.36. The van der Waals surface area contributed by atoms with Crippen molar-refractivity contribution < 1.29 is 19.1 Å². The number of rotatable bonds is 9.